The molecule has 0 saturated heterocycles. The molecule has 0 spiro atoms. The van der Waals surface area contributed by atoms with Crippen LogP contribution in [0.1, 0.15) is 40.1 Å². The Balaban J connectivity index is 1.71. The molecule has 0 bridgehead atoms. The first-order valence-corrected chi connectivity index (χ1v) is 9.30. The lowest BCUT2D eigenvalue weighted by Crippen LogP contribution is -2.27. The van der Waals surface area contributed by atoms with E-state index in [-0.39, 0.29) is 23.5 Å². The number of halogens is 1. The maximum atomic E-state index is 13.3. The van der Waals surface area contributed by atoms with Crippen molar-refractivity contribution >= 4 is 17.0 Å². The normalized spacial score (nSPS) is 11.8. The van der Waals surface area contributed by atoms with Gasteiger partial charge < -0.3 is 9.84 Å². The molecule has 148 valence electrons. The van der Waals surface area contributed by atoms with Crippen molar-refractivity contribution < 1.29 is 13.7 Å². The fraction of sp³-hybridized carbons (Fsp3) is 0.130. The molecule has 4 aromatic rings. The van der Waals surface area contributed by atoms with Crippen molar-refractivity contribution in [3.8, 4) is 17.3 Å². The number of nitrogens with zero attached hydrogens (tertiary/aromatic N) is 3. The van der Waals surface area contributed by atoms with E-state index < -0.39 is 0 Å². The Hall–Kier alpha value is -4.05. The van der Waals surface area contributed by atoms with Crippen LogP contribution in [-0.2, 0) is 0 Å². The average Bonchev–Trinajstić information content (AvgIpc) is 3.14. The van der Waals surface area contributed by atoms with Crippen molar-refractivity contribution in [1.29, 1.82) is 5.26 Å². The van der Waals surface area contributed by atoms with Crippen LogP contribution in [0.25, 0.3) is 22.4 Å². The molecule has 1 atom stereocenters. The van der Waals surface area contributed by atoms with Gasteiger partial charge in [-0.3, -0.25) is 4.79 Å². The molecular formula is C23H17FN4O2. The van der Waals surface area contributed by atoms with Crippen LogP contribution < -0.4 is 5.32 Å². The van der Waals surface area contributed by atoms with Gasteiger partial charge in [0.05, 0.1) is 40.0 Å². The second kappa shape index (κ2) is 7.76. The highest BCUT2D eigenvalue weighted by atomic mass is 19.1. The van der Waals surface area contributed by atoms with E-state index in [1.165, 1.54) is 12.1 Å². The van der Waals surface area contributed by atoms with Crippen LogP contribution in [0.3, 0.4) is 0 Å². The number of benzene rings is 2. The molecule has 1 N–H and O–H groups in total. The topological polar surface area (TPSA) is 91.8 Å². The van der Waals surface area contributed by atoms with E-state index in [4.69, 9.17) is 9.78 Å². The Kier molecular flexibility index (Phi) is 4.98. The molecule has 6 nitrogen and oxygen atoms in total. The molecule has 0 aliphatic heterocycles. The van der Waals surface area contributed by atoms with Crippen LogP contribution in [0.2, 0.25) is 0 Å². The zero-order valence-electron chi connectivity index (χ0n) is 16.3. The van der Waals surface area contributed by atoms with Gasteiger partial charge in [0.15, 0.2) is 0 Å². The Morgan fingerprint density at radius 1 is 1.17 bits per heavy atom. The summed E-state index contributed by atoms with van der Waals surface area (Å²) < 4.78 is 18.6. The maximum Gasteiger partial charge on any atom is 0.259 e. The van der Waals surface area contributed by atoms with Gasteiger partial charge in [0, 0.05) is 5.56 Å². The number of fused-ring (bicyclic) bond motifs is 1. The third-order valence-corrected chi connectivity index (χ3v) is 4.89. The van der Waals surface area contributed by atoms with Crippen molar-refractivity contribution in [2.24, 2.45) is 0 Å². The Morgan fingerprint density at radius 2 is 1.87 bits per heavy atom. The number of amides is 1. The summed E-state index contributed by atoms with van der Waals surface area (Å²) in [6, 6.07) is 16.3. The number of carbonyl (C=O) groups is 1. The number of aryl methyl sites for hydroxylation is 1. The molecule has 0 fully saturated rings. The smallest absolute Gasteiger partial charge is 0.259 e. The van der Waals surface area contributed by atoms with E-state index in [2.05, 4.69) is 21.5 Å². The number of nitrogens with one attached hydrogen (secondary N) is 1. The van der Waals surface area contributed by atoms with Crippen molar-refractivity contribution in [3.63, 3.8) is 0 Å². The predicted octanol–water partition coefficient (Wildman–Crippen LogP) is 4.70. The fourth-order valence-electron chi connectivity index (χ4n) is 3.25. The van der Waals surface area contributed by atoms with Crippen LogP contribution >= 0.6 is 0 Å². The number of rotatable bonds is 4. The third kappa shape index (κ3) is 3.63. The van der Waals surface area contributed by atoms with Crippen LogP contribution in [0.15, 0.2) is 59.1 Å². The maximum absolute atomic E-state index is 13.3. The van der Waals surface area contributed by atoms with E-state index in [1.807, 2.05) is 6.92 Å². The summed E-state index contributed by atoms with van der Waals surface area (Å²) in [4.78, 5) is 17.6. The summed E-state index contributed by atoms with van der Waals surface area (Å²) in [6.07, 6.45) is 0. The summed E-state index contributed by atoms with van der Waals surface area (Å²) in [7, 11) is 0. The second-order valence-corrected chi connectivity index (χ2v) is 6.94. The van der Waals surface area contributed by atoms with Gasteiger partial charge in [-0.15, -0.1) is 0 Å². The number of aromatic nitrogens is 2. The minimum Gasteiger partial charge on any atom is -0.345 e. The van der Waals surface area contributed by atoms with E-state index >= 15 is 0 Å². The second-order valence-electron chi connectivity index (χ2n) is 6.94. The number of pyridine rings is 1. The van der Waals surface area contributed by atoms with Gasteiger partial charge in [0.25, 0.3) is 11.6 Å². The van der Waals surface area contributed by atoms with Gasteiger partial charge in [0.1, 0.15) is 5.82 Å². The molecule has 30 heavy (non-hydrogen) atoms. The lowest BCUT2D eigenvalue weighted by molar-refractivity contribution is 0.0941. The summed E-state index contributed by atoms with van der Waals surface area (Å²) in [5, 5.41) is 16.4. The molecule has 0 aliphatic rings. The first-order chi connectivity index (χ1) is 14.5. The van der Waals surface area contributed by atoms with E-state index in [0.717, 1.165) is 5.56 Å². The quantitative estimate of drug-likeness (QED) is 0.536. The molecule has 2 heterocycles. The number of nitriles is 1. The predicted molar refractivity (Wildman–Crippen MR) is 109 cm³/mol. The largest absolute Gasteiger partial charge is 0.345 e. The standard InChI is InChI=1S/C23H17FN4O2/c1-13(16-5-3-15(12-25)4-6-16)26-22(29)19-11-20(17-7-9-18(24)10-8-17)27-23-21(19)14(2)28-30-23/h3-11,13H,1-2H3,(H,26,29). The SMILES string of the molecule is Cc1noc2nc(-c3ccc(F)cc3)cc(C(=O)NC(C)c3ccc(C#N)cc3)c12. The van der Waals surface area contributed by atoms with E-state index in [0.29, 0.717) is 33.5 Å². The third-order valence-electron chi connectivity index (χ3n) is 4.89. The van der Waals surface area contributed by atoms with Crippen LogP contribution in [-0.4, -0.2) is 16.0 Å². The van der Waals surface area contributed by atoms with Crippen LogP contribution in [0.4, 0.5) is 4.39 Å². The Labute approximate surface area is 172 Å². The summed E-state index contributed by atoms with van der Waals surface area (Å²) in [5.41, 5.74) is 3.73. The highest BCUT2D eigenvalue weighted by molar-refractivity contribution is 6.07. The minimum atomic E-state index is -0.357. The first-order valence-electron chi connectivity index (χ1n) is 9.30. The molecule has 1 unspecified atom stereocenters. The molecule has 4 rings (SSSR count). The molecule has 7 heteroatoms. The summed E-state index contributed by atoms with van der Waals surface area (Å²) in [6.45, 7) is 3.60. The summed E-state index contributed by atoms with van der Waals surface area (Å²) in [5.74, 6) is -0.668. The molecule has 0 saturated carbocycles. The Bertz CT molecular complexity index is 1270. The molecule has 1 amide bonds. The zero-order valence-corrected chi connectivity index (χ0v) is 16.3. The van der Waals surface area contributed by atoms with E-state index in [9.17, 15) is 9.18 Å². The molecule has 2 aromatic carbocycles. The number of hydrogen-bond donors (Lipinski definition) is 1. The minimum absolute atomic E-state index is 0.241. The Morgan fingerprint density at radius 3 is 2.53 bits per heavy atom. The molecule has 2 aromatic heterocycles. The fourth-order valence-corrected chi connectivity index (χ4v) is 3.25. The first kappa shape index (κ1) is 19.3. The van der Waals surface area contributed by atoms with Crippen molar-refractivity contribution in [2.45, 2.75) is 19.9 Å². The average molecular weight is 400 g/mol. The van der Waals surface area contributed by atoms with Gasteiger partial charge in [-0.25, -0.2) is 9.37 Å². The zero-order chi connectivity index (χ0) is 21.3. The van der Waals surface area contributed by atoms with Crippen molar-refractivity contribution in [1.82, 2.24) is 15.5 Å². The van der Waals surface area contributed by atoms with Gasteiger partial charge in [-0.05, 0) is 61.9 Å². The van der Waals surface area contributed by atoms with Crippen LogP contribution in [0.5, 0.6) is 0 Å². The molecular weight excluding hydrogens is 383 g/mol. The molecule has 0 aliphatic carbocycles. The highest BCUT2D eigenvalue weighted by Gasteiger charge is 2.21. The number of hydrogen-bond acceptors (Lipinski definition) is 5. The number of carbonyl (C=O) groups excluding carboxylic acids is 1. The van der Waals surface area contributed by atoms with Gasteiger partial charge in [-0.1, -0.05) is 17.3 Å². The lowest BCUT2D eigenvalue weighted by Gasteiger charge is -2.15. The lowest BCUT2D eigenvalue weighted by atomic mass is 10.0. The monoisotopic (exact) mass is 400 g/mol. The highest BCUT2D eigenvalue weighted by Crippen LogP contribution is 2.28. The van der Waals surface area contributed by atoms with Crippen molar-refractivity contribution in [2.75, 3.05) is 0 Å². The van der Waals surface area contributed by atoms with Crippen LogP contribution in [0, 0.1) is 24.1 Å². The van der Waals surface area contributed by atoms with Gasteiger partial charge >= 0.3 is 0 Å². The molecule has 0 radical (unpaired) electrons. The van der Waals surface area contributed by atoms with Gasteiger partial charge in [0.2, 0.25) is 0 Å². The van der Waals surface area contributed by atoms with Crippen molar-refractivity contribution in [3.05, 3.63) is 82.8 Å². The summed E-state index contributed by atoms with van der Waals surface area (Å²) >= 11 is 0. The van der Waals surface area contributed by atoms with E-state index in [1.54, 1.807) is 49.4 Å². The van der Waals surface area contributed by atoms with Gasteiger partial charge in [-0.2, -0.15) is 5.26 Å².